The molecule has 1 nitrogen and oxygen atoms in total. The Morgan fingerprint density at radius 2 is 1.45 bits per heavy atom. The summed E-state index contributed by atoms with van der Waals surface area (Å²) in [6.45, 7) is 0. The molecule has 2 bridgehead atoms. The summed E-state index contributed by atoms with van der Waals surface area (Å²) in [7, 11) is 0.953. The van der Waals surface area contributed by atoms with Gasteiger partial charge in [0.05, 0.1) is 7.11 Å². The second-order valence-corrected chi connectivity index (χ2v) is 6.97. The van der Waals surface area contributed by atoms with Gasteiger partial charge in [0.2, 0.25) is 5.67 Å². The van der Waals surface area contributed by atoms with Crippen LogP contribution in [0.5, 0.6) is 0 Å². The number of allylic oxidation sites excluding steroid dienone is 2. The van der Waals surface area contributed by atoms with Crippen molar-refractivity contribution in [3.63, 3.8) is 0 Å². The Balaban J connectivity index is 1.73. The first-order valence-electron chi connectivity index (χ1n) is 7.02. The third-order valence-electron chi connectivity index (χ3n) is 6.86. The van der Waals surface area contributed by atoms with E-state index in [2.05, 4.69) is 4.74 Å². The highest BCUT2D eigenvalue weighted by Crippen LogP contribution is 2.91. The van der Waals surface area contributed by atoms with Crippen molar-refractivity contribution in [1.82, 2.24) is 0 Å². The molecule has 8 atom stereocenters. The minimum atomic E-state index is -3.48. The molecule has 0 aromatic carbocycles. The van der Waals surface area contributed by atoms with Crippen LogP contribution in [0.15, 0.2) is 11.6 Å². The molecule has 6 heteroatoms. The number of hydrogen-bond acceptors (Lipinski definition) is 1. The Morgan fingerprint density at radius 3 is 1.95 bits per heavy atom. The van der Waals surface area contributed by atoms with Gasteiger partial charge in [0.1, 0.15) is 0 Å². The molecule has 0 amide bonds. The van der Waals surface area contributed by atoms with Crippen molar-refractivity contribution in [3.05, 3.63) is 11.6 Å². The molecule has 4 saturated carbocycles. The standard InChI is InChI=1S/C14H13F5O/c1-20-10-9(15)13(18)11(16)7-5-2-3-6(4-5)8(7)12(11,17)14(10,13)19/h5-8H,2-4H2,1H3/t5-,6+,7+,8-,11-,12+,13+,14-/m0/s1. The van der Waals surface area contributed by atoms with Crippen LogP contribution in [0.3, 0.4) is 0 Å². The van der Waals surface area contributed by atoms with Crippen LogP contribution in [-0.2, 0) is 4.74 Å². The smallest absolute Gasteiger partial charge is 0.250 e. The first-order valence-corrected chi connectivity index (χ1v) is 7.02. The Morgan fingerprint density at radius 1 is 0.950 bits per heavy atom. The Bertz CT molecular complexity index is 592. The van der Waals surface area contributed by atoms with Crippen molar-refractivity contribution in [2.75, 3.05) is 7.11 Å². The van der Waals surface area contributed by atoms with E-state index in [-0.39, 0.29) is 11.8 Å². The number of fused-ring (bicyclic) bond motifs is 11. The number of ether oxygens (including phenoxy) is 1. The maximum absolute atomic E-state index is 15.1. The van der Waals surface area contributed by atoms with E-state index >= 15 is 8.78 Å². The van der Waals surface area contributed by atoms with Crippen LogP contribution in [0, 0.1) is 23.7 Å². The summed E-state index contributed by atoms with van der Waals surface area (Å²) in [5.41, 5.74) is -12.8. The molecule has 110 valence electrons. The van der Waals surface area contributed by atoms with E-state index in [1.54, 1.807) is 0 Å². The predicted molar refractivity (Wildman–Crippen MR) is 58.3 cm³/mol. The summed E-state index contributed by atoms with van der Waals surface area (Å²) < 4.78 is 78.0. The monoisotopic (exact) mass is 292 g/mol. The number of hydrogen-bond donors (Lipinski definition) is 0. The van der Waals surface area contributed by atoms with E-state index in [9.17, 15) is 13.2 Å². The predicted octanol–water partition coefficient (Wildman–Crippen LogP) is 3.35. The topological polar surface area (TPSA) is 9.23 Å². The maximum atomic E-state index is 15.1. The second kappa shape index (κ2) is 2.63. The van der Waals surface area contributed by atoms with Crippen LogP contribution < -0.4 is 0 Å². The van der Waals surface area contributed by atoms with Gasteiger partial charge in [0.25, 0.3) is 5.67 Å². The molecule has 0 radical (unpaired) electrons. The number of methoxy groups -OCH3 is 1. The number of halogens is 5. The fourth-order valence-corrected chi connectivity index (χ4v) is 6.33. The summed E-state index contributed by atoms with van der Waals surface area (Å²) in [6.07, 6.45) is 2.02. The van der Waals surface area contributed by atoms with Crippen LogP contribution >= 0.6 is 0 Å². The Hall–Kier alpha value is -0.810. The zero-order chi connectivity index (χ0) is 14.3. The lowest BCUT2D eigenvalue weighted by atomic mass is 9.26. The first-order chi connectivity index (χ1) is 9.31. The molecule has 5 rings (SSSR count). The van der Waals surface area contributed by atoms with Gasteiger partial charge in [0, 0.05) is 11.8 Å². The van der Waals surface area contributed by atoms with Crippen molar-refractivity contribution in [2.24, 2.45) is 23.7 Å². The van der Waals surface area contributed by atoms with Gasteiger partial charge < -0.3 is 4.74 Å². The molecule has 0 heterocycles. The van der Waals surface area contributed by atoms with E-state index in [1.807, 2.05) is 0 Å². The second-order valence-electron chi connectivity index (χ2n) is 6.97. The Kier molecular flexibility index (Phi) is 1.55. The normalized spacial score (nSPS) is 68.5. The molecule has 5 aliphatic carbocycles. The summed E-state index contributed by atoms with van der Waals surface area (Å²) in [4.78, 5) is 0. The average molecular weight is 292 g/mol. The molecular formula is C14H13F5O. The maximum Gasteiger partial charge on any atom is 0.250 e. The zero-order valence-corrected chi connectivity index (χ0v) is 10.7. The van der Waals surface area contributed by atoms with Crippen LogP contribution in [-0.4, -0.2) is 29.8 Å². The van der Waals surface area contributed by atoms with Gasteiger partial charge in [-0.1, -0.05) is 0 Å². The molecule has 0 aromatic heterocycles. The highest BCUT2D eigenvalue weighted by Gasteiger charge is 3.11. The van der Waals surface area contributed by atoms with E-state index in [0.29, 0.717) is 12.8 Å². The molecule has 5 aliphatic rings. The first kappa shape index (κ1) is 11.8. The van der Waals surface area contributed by atoms with Crippen molar-refractivity contribution >= 4 is 0 Å². The van der Waals surface area contributed by atoms with E-state index in [0.717, 1.165) is 13.5 Å². The quantitative estimate of drug-likeness (QED) is 0.673. The summed E-state index contributed by atoms with van der Waals surface area (Å²) in [5, 5.41) is 0. The molecule has 0 spiro atoms. The van der Waals surface area contributed by atoms with Crippen LogP contribution in [0.4, 0.5) is 22.0 Å². The number of rotatable bonds is 1. The lowest BCUT2D eigenvalue weighted by Gasteiger charge is -2.81. The third kappa shape index (κ3) is 0.607. The van der Waals surface area contributed by atoms with Gasteiger partial charge in [-0.2, -0.15) is 0 Å². The number of alkyl halides is 4. The summed E-state index contributed by atoms with van der Waals surface area (Å²) in [5.74, 6) is -4.56. The molecule has 4 fully saturated rings. The van der Waals surface area contributed by atoms with Crippen LogP contribution in [0.2, 0.25) is 0 Å². The minimum absolute atomic E-state index is 0.113. The molecule has 0 unspecified atom stereocenters. The average Bonchev–Trinajstić information content (AvgIpc) is 3.03. The van der Waals surface area contributed by atoms with Gasteiger partial charge in [0.15, 0.2) is 22.9 Å². The van der Waals surface area contributed by atoms with Crippen molar-refractivity contribution in [1.29, 1.82) is 0 Å². The van der Waals surface area contributed by atoms with Crippen molar-refractivity contribution in [2.45, 2.75) is 41.9 Å². The molecule has 0 N–H and O–H groups in total. The van der Waals surface area contributed by atoms with Gasteiger partial charge in [-0.05, 0) is 31.1 Å². The fourth-order valence-electron chi connectivity index (χ4n) is 6.33. The van der Waals surface area contributed by atoms with E-state index < -0.39 is 46.1 Å². The minimum Gasteiger partial charge on any atom is -0.495 e. The van der Waals surface area contributed by atoms with Crippen LogP contribution in [0.25, 0.3) is 0 Å². The van der Waals surface area contributed by atoms with E-state index in [1.165, 1.54) is 0 Å². The van der Waals surface area contributed by atoms with Crippen LogP contribution in [0.1, 0.15) is 19.3 Å². The lowest BCUT2D eigenvalue weighted by Crippen LogP contribution is -3.03. The fraction of sp³-hybridized carbons (Fsp3) is 0.857. The van der Waals surface area contributed by atoms with Crippen molar-refractivity contribution in [3.8, 4) is 0 Å². The Labute approximate surface area is 112 Å². The molecule has 20 heavy (non-hydrogen) atoms. The zero-order valence-electron chi connectivity index (χ0n) is 10.7. The van der Waals surface area contributed by atoms with Crippen molar-refractivity contribution < 1.29 is 26.7 Å². The molecule has 0 saturated heterocycles. The van der Waals surface area contributed by atoms with Gasteiger partial charge in [-0.25, -0.2) is 22.0 Å². The van der Waals surface area contributed by atoms with E-state index in [4.69, 9.17) is 0 Å². The highest BCUT2D eigenvalue weighted by molar-refractivity contribution is 5.67. The highest BCUT2D eigenvalue weighted by atomic mass is 19.2. The van der Waals surface area contributed by atoms with Gasteiger partial charge in [-0.15, -0.1) is 0 Å². The molecular weight excluding hydrogens is 279 g/mol. The molecule has 0 aliphatic heterocycles. The largest absolute Gasteiger partial charge is 0.495 e. The van der Waals surface area contributed by atoms with Gasteiger partial charge in [-0.3, -0.25) is 0 Å². The lowest BCUT2D eigenvalue weighted by molar-refractivity contribution is -0.454. The van der Waals surface area contributed by atoms with Gasteiger partial charge >= 0.3 is 0 Å². The summed E-state index contributed by atoms with van der Waals surface area (Å²) in [6, 6.07) is 0. The molecule has 0 aromatic rings. The summed E-state index contributed by atoms with van der Waals surface area (Å²) >= 11 is 0. The third-order valence-corrected chi connectivity index (χ3v) is 6.86. The SMILES string of the molecule is COC1=C(F)[C@]2(F)[C@@]1(F)[C@@]1(F)[C@H]3[C@@H]4CC[C@@H](C4)[C@H]3[C@@]21F.